The van der Waals surface area contributed by atoms with E-state index in [1.54, 1.807) is 0 Å². The van der Waals surface area contributed by atoms with Crippen molar-refractivity contribution >= 4 is 39.7 Å². The molecule has 0 unspecified atom stereocenters. The predicted molar refractivity (Wildman–Crippen MR) is 175 cm³/mol. The van der Waals surface area contributed by atoms with Crippen LogP contribution in [0.1, 0.15) is 58.4 Å². The molecule has 0 fully saturated rings. The quantitative estimate of drug-likeness (QED) is 0.219. The summed E-state index contributed by atoms with van der Waals surface area (Å²) in [7, 11) is 0. The Balaban J connectivity index is 1.46. The van der Waals surface area contributed by atoms with Gasteiger partial charge in [0.05, 0.1) is 22.7 Å². The van der Waals surface area contributed by atoms with Crippen LogP contribution < -0.4 is 9.80 Å². The van der Waals surface area contributed by atoms with Crippen LogP contribution in [0.2, 0.25) is 0 Å². The molecule has 0 atom stereocenters. The highest BCUT2D eigenvalue weighted by atomic mass is 15.2. The summed E-state index contributed by atoms with van der Waals surface area (Å²) >= 11 is 0. The highest BCUT2D eigenvalue weighted by Crippen LogP contribution is 2.54. The Morgan fingerprint density at radius 1 is 0.488 bits per heavy atom. The van der Waals surface area contributed by atoms with Crippen molar-refractivity contribution in [3.05, 3.63) is 148 Å². The number of rotatable bonds is 2. The van der Waals surface area contributed by atoms with Crippen LogP contribution in [0.3, 0.4) is 0 Å². The van der Waals surface area contributed by atoms with Crippen LogP contribution in [0.25, 0.3) is 5.57 Å². The van der Waals surface area contributed by atoms with E-state index >= 15 is 0 Å². The first-order chi connectivity index (χ1) is 19.6. The molecule has 0 saturated heterocycles. The van der Waals surface area contributed by atoms with Gasteiger partial charge < -0.3 is 9.80 Å². The van der Waals surface area contributed by atoms with Gasteiger partial charge in [0.25, 0.3) is 0 Å². The summed E-state index contributed by atoms with van der Waals surface area (Å²) in [4.78, 5) is 4.86. The summed E-state index contributed by atoms with van der Waals surface area (Å²) in [5.41, 5.74) is 18.2. The molecule has 0 radical (unpaired) electrons. The van der Waals surface area contributed by atoms with Gasteiger partial charge in [0, 0.05) is 27.9 Å². The fourth-order valence-electron chi connectivity index (χ4n) is 6.74. The van der Waals surface area contributed by atoms with Gasteiger partial charge in [-0.05, 0) is 99.0 Å². The fourth-order valence-corrected chi connectivity index (χ4v) is 6.74. The molecule has 2 heteroatoms. The molecule has 0 spiro atoms. The van der Waals surface area contributed by atoms with Gasteiger partial charge in [-0.2, -0.15) is 0 Å². The van der Waals surface area contributed by atoms with Crippen LogP contribution in [0.15, 0.2) is 104 Å². The minimum atomic E-state index is -0.0996. The summed E-state index contributed by atoms with van der Waals surface area (Å²) < 4.78 is 0. The molecule has 5 aromatic rings. The molecule has 0 bridgehead atoms. The standard InChI is InChI=1S/C39H36N2/c1-24-11-15-35-31(19-24)28(5)32-20-25(2)12-16-36(32)40(35)29-9-8-10-30(23-29)41-37-17-13-26(3)21-33(37)39(6,7)34-22-27(4)14-18-38(34)41/h8-23H,5H2,1-4,6-7H3. The average molecular weight is 533 g/mol. The van der Waals surface area contributed by atoms with Crippen LogP contribution in [0, 0.1) is 27.7 Å². The lowest BCUT2D eigenvalue weighted by Gasteiger charge is -2.43. The summed E-state index contributed by atoms with van der Waals surface area (Å²) in [6, 6.07) is 36.2. The zero-order valence-corrected chi connectivity index (χ0v) is 24.8. The van der Waals surface area contributed by atoms with Crippen molar-refractivity contribution in [3.8, 4) is 0 Å². The first-order valence-corrected chi connectivity index (χ1v) is 14.5. The first-order valence-electron chi connectivity index (χ1n) is 14.5. The van der Waals surface area contributed by atoms with E-state index in [1.807, 2.05) is 0 Å². The van der Waals surface area contributed by atoms with Gasteiger partial charge in [-0.15, -0.1) is 0 Å². The normalized spacial score (nSPS) is 14.7. The average Bonchev–Trinajstić information content (AvgIpc) is 2.95. The van der Waals surface area contributed by atoms with E-state index in [9.17, 15) is 0 Å². The molecule has 2 nitrogen and oxygen atoms in total. The second-order valence-electron chi connectivity index (χ2n) is 12.4. The van der Waals surface area contributed by atoms with Crippen molar-refractivity contribution in [2.75, 3.05) is 9.80 Å². The predicted octanol–water partition coefficient (Wildman–Crippen LogP) is 10.9. The SMILES string of the molecule is C=C1c2cc(C)ccc2N(c2cccc(N3c4ccc(C)cc4C(C)(C)c4cc(C)ccc43)c2)c2ccc(C)cc21. The summed E-state index contributed by atoms with van der Waals surface area (Å²) in [5, 5.41) is 0. The van der Waals surface area contributed by atoms with Crippen molar-refractivity contribution in [1.82, 2.24) is 0 Å². The van der Waals surface area contributed by atoms with E-state index < -0.39 is 0 Å². The molecule has 2 heterocycles. The molecule has 7 rings (SSSR count). The number of anilines is 6. The van der Waals surface area contributed by atoms with Crippen LogP contribution in [0.4, 0.5) is 34.1 Å². The van der Waals surface area contributed by atoms with Crippen LogP contribution >= 0.6 is 0 Å². The Hall–Kier alpha value is -4.56. The third-order valence-electron chi connectivity index (χ3n) is 8.91. The van der Waals surface area contributed by atoms with Crippen molar-refractivity contribution in [1.29, 1.82) is 0 Å². The Morgan fingerprint density at radius 3 is 1.34 bits per heavy atom. The lowest BCUT2D eigenvalue weighted by Crippen LogP contribution is -2.31. The van der Waals surface area contributed by atoms with Crippen molar-refractivity contribution in [2.24, 2.45) is 0 Å². The second kappa shape index (κ2) is 8.97. The second-order valence-corrected chi connectivity index (χ2v) is 12.4. The number of hydrogen-bond acceptors (Lipinski definition) is 2. The minimum absolute atomic E-state index is 0.0996. The van der Waals surface area contributed by atoms with Gasteiger partial charge >= 0.3 is 0 Å². The molecule has 0 N–H and O–H groups in total. The minimum Gasteiger partial charge on any atom is -0.310 e. The van der Waals surface area contributed by atoms with Crippen LogP contribution in [-0.2, 0) is 5.41 Å². The van der Waals surface area contributed by atoms with Gasteiger partial charge in [-0.25, -0.2) is 0 Å². The third kappa shape index (κ3) is 3.85. The van der Waals surface area contributed by atoms with E-state index in [0.717, 1.165) is 16.9 Å². The highest BCUT2D eigenvalue weighted by molar-refractivity contribution is 6.01. The number of fused-ring (bicyclic) bond motifs is 4. The lowest BCUT2D eigenvalue weighted by atomic mass is 9.72. The zero-order valence-electron chi connectivity index (χ0n) is 24.8. The Kier molecular flexibility index (Phi) is 5.56. The Morgan fingerprint density at radius 2 is 0.878 bits per heavy atom. The molecular formula is C39H36N2. The van der Waals surface area contributed by atoms with Gasteiger partial charge in [0.1, 0.15) is 0 Å². The van der Waals surface area contributed by atoms with E-state index in [2.05, 4.69) is 155 Å². The number of nitrogens with zero attached hydrogens (tertiary/aromatic N) is 2. The summed E-state index contributed by atoms with van der Waals surface area (Å²) in [6.45, 7) is 17.9. The van der Waals surface area contributed by atoms with E-state index in [-0.39, 0.29) is 5.41 Å². The largest absolute Gasteiger partial charge is 0.310 e. The lowest BCUT2D eigenvalue weighted by molar-refractivity contribution is 0.630. The third-order valence-corrected chi connectivity index (χ3v) is 8.91. The molecule has 0 amide bonds. The Bertz CT molecular complexity index is 1780. The van der Waals surface area contributed by atoms with E-state index in [0.29, 0.717) is 0 Å². The zero-order chi connectivity index (χ0) is 28.6. The number of hydrogen-bond donors (Lipinski definition) is 0. The number of benzene rings is 5. The molecule has 5 aromatic carbocycles. The molecule has 41 heavy (non-hydrogen) atoms. The molecule has 202 valence electrons. The summed E-state index contributed by atoms with van der Waals surface area (Å²) in [6.07, 6.45) is 0. The fraction of sp³-hybridized carbons (Fsp3) is 0.179. The maximum Gasteiger partial charge on any atom is 0.0540 e. The molecule has 2 aliphatic heterocycles. The molecule has 0 saturated carbocycles. The molecule has 2 aliphatic rings. The van der Waals surface area contributed by atoms with Gasteiger partial charge in [0.2, 0.25) is 0 Å². The number of aryl methyl sites for hydroxylation is 4. The van der Waals surface area contributed by atoms with Crippen molar-refractivity contribution in [2.45, 2.75) is 47.0 Å². The summed E-state index contributed by atoms with van der Waals surface area (Å²) in [5.74, 6) is 0. The maximum atomic E-state index is 4.54. The molecule has 0 aromatic heterocycles. The Labute approximate surface area is 244 Å². The van der Waals surface area contributed by atoms with E-state index in [1.165, 1.54) is 67.3 Å². The first kappa shape index (κ1) is 25.4. The molecule has 0 aliphatic carbocycles. The van der Waals surface area contributed by atoms with E-state index in [4.69, 9.17) is 0 Å². The van der Waals surface area contributed by atoms with Crippen LogP contribution in [0.5, 0.6) is 0 Å². The molecular weight excluding hydrogens is 496 g/mol. The smallest absolute Gasteiger partial charge is 0.0540 e. The van der Waals surface area contributed by atoms with Crippen molar-refractivity contribution < 1.29 is 0 Å². The van der Waals surface area contributed by atoms with Gasteiger partial charge in [-0.1, -0.05) is 85.1 Å². The van der Waals surface area contributed by atoms with Gasteiger partial charge in [-0.3, -0.25) is 0 Å². The van der Waals surface area contributed by atoms with Crippen molar-refractivity contribution in [3.63, 3.8) is 0 Å². The van der Waals surface area contributed by atoms with Gasteiger partial charge in [0.15, 0.2) is 0 Å². The maximum absolute atomic E-state index is 4.54. The monoisotopic (exact) mass is 532 g/mol. The highest BCUT2D eigenvalue weighted by Gasteiger charge is 2.37. The topological polar surface area (TPSA) is 6.48 Å². The van der Waals surface area contributed by atoms with Crippen LogP contribution in [-0.4, -0.2) is 0 Å².